The summed E-state index contributed by atoms with van der Waals surface area (Å²) in [5.74, 6) is -0.994. The molecule has 0 unspecified atom stereocenters. The molecule has 1 aliphatic heterocycles. The molecule has 4 rings (SSSR count). The van der Waals surface area contributed by atoms with Crippen molar-refractivity contribution in [3.63, 3.8) is 0 Å². The van der Waals surface area contributed by atoms with Crippen molar-refractivity contribution < 1.29 is 18.4 Å². The molecule has 1 fully saturated rings. The topological polar surface area (TPSA) is 57.5 Å². The van der Waals surface area contributed by atoms with E-state index in [9.17, 15) is 8.78 Å². The molecule has 0 saturated carbocycles. The fourth-order valence-corrected chi connectivity index (χ4v) is 3.43. The van der Waals surface area contributed by atoms with Gasteiger partial charge in [-0.05, 0) is 17.7 Å². The number of hydrogen-bond donors (Lipinski definition) is 2. The number of aromatic nitrogens is 2. The molecule has 140 valence electrons. The Bertz CT molecular complexity index is 937. The Kier molecular flexibility index (Phi) is 4.87. The van der Waals surface area contributed by atoms with E-state index in [1.807, 2.05) is 30.3 Å². The molecule has 2 heterocycles. The Morgan fingerprint density at radius 2 is 1.81 bits per heavy atom. The van der Waals surface area contributed by atoms with Crippen LogP contribution in [0.4, 0.5) is 14.6 Å². The van der Waals surface area contributed by atoms with E-state index in [-0.39, 0.29) is 5.69 Å². The van der Waals surface area contributed by atoms with Gasteiger partial charge in [-0.3, -0.25) is 0 Å². The smallest absolute Gasteiger partial charge is 0.151 e. The number of halogens is 2. The van der Waals surface area contributed by atoms with Gasteiger partial charge in [-0.2, -0.15) is 5.10 Å². The summed E-state index contributed by atoms with van der Waals surface area (Å²) in [5, 5.41) is 4.61. The quantitative estimate of drug-likeness (QED) is 0.736. The van der Waals surface area contributed by atoms with Crippen molar-refractivity contribution in [3.8, 4) is 16.8 Å². The number of nitrogens with zero attached hydrogens (tertiary/aromatic N) is 2. The fraction of sp³-hybridized carbons (Fsp3) is 0.250. The molecule has 0 atom stereocenters. The lowest BCUT2D eigenvalue weighted by molar-refractivity contribution is -0.921. The molecule has 3 N–H and O–H groups in total. The van der Waals surface area contributed by atoms with Gasteiger partial charge in [-0.25, -0.2) is 13.5 Å². The molecule has 1 saturated heterocycles. The van der Waals surface area contributed by atoms with Crippen LogP contribution in [0.1, 0.15) is 5.69 Å². The van der Waals surface area contributed by atoms with Gasteiger partial charge in [0.25, 0.3) is 0 Å². The van der Waals surface area contributed by atoms with Crippen LogP contribution >= 0.6 is 0 Å². The van der Waals surface area contributed by atoms with Gasteiger partial charge in [0.05, 0.1) is 18.8 Å². The zero-order valence-electron chi connectivity index (χ0n) is 14.8. The molecule has 1 aliphatic rings. The number of benzene rings is 2. The van der Waals surface area contributed by atoms with Crippen molar-refractivity contribution >= 4 is 5.82 Å². The van der Waals surface area contributed by atoms with Crippen molar-refractivity contribution in [2.45, 2.75) is 6.54 Å². The number of nitrogen functional groups attached to an aromatic ring is 1. The van der Waals surface area contributed by atoms with Crippen molar-refractivity contribution in [2.75, 3.05) is 32.0 Å². The summed E-state index contributed by atoms with van der Waals surface area (Å²) < 4.78 is 34.4. The van der Waals surface area contributed by atoms with Gasteiger partial charge in [0, 0.05) is 6.07 Å². The number of hydrogen-bond acceptors (Lipinski definition) is 3. The molecule has 5 nitrogen and oxygen atoms in total. The summed E-state index contributed by atoms with van der Waals surface area (Å²) in [4.78, 5) is 1.34. The van der Waals surface area contributed by atoms with Gasteiger partial charge in [-0.15, -0.1) is 0 Å². The second kappa shape index (κ2) is 7.46. The molecule has 0 bridgehead atoms. The summed E-state index contributed by atoms with van der Waals surface area (Å²) in [6, 6.07) is 13.1. The van der Waals surface area contributed by atoms with E-state index >= 15 is 0 Å². The minimum Gasteiger partial charge on any atom is -0.383 e. The first-order valence-corrected chi connectivity index (χ1v) is 8.93. The third kappa shape index (κ3) is 3.56. The first-order chi connectivity index (χ1) is 13.1. The van der Waals surface area contributed by atoms with Gasteiger partial charge < -0.3 is 15.4 Å². The van der Waals surface area contributed by atoms with Crippen molar-refractivity contribution in [2.24, 2.45) is 0 Å². The van der Waals surface area contributed by atoms with Crippen LogP contribution in [0.3, 0.4) is 0 Å². The maximum Gasteiger partial charge on any atom is 0.151 e. The van der Waals surface area contributed by atoms with Crippen LogP contribution in [0.2, 0.25) is 0 Å². The van der Waals surface area contributed by atoms with E-state index in [0.29, 0.717) is 25.6 Å². The average molecular weight is 371 g/mol. The summed E-state index contributed by atoms with van der Waals surface area (Å²) in [6.45, 7) is 3.84. The Hall–Kier alpha value is -2.77. The van der Waals surface area contributed by atoms with Crippen LogP contribution in [0, 0.1) is 11.6 Å². The molecule has 1 aromatic heterocycles. The van der Waals surface area contributed by atoms with Gasteiger partial charge in [0.15, 0.2) is 5.82 Å². The number of morpholine rings is 1. The second-order valence-corrected chi connectivity index (χ2v) is 6.62. The van der Waals surface area contributed by atoms with Crippen LogP contribution in [0.25, 0.3) is 16.8 Å². The maximum absolute atomic E-state index is 14.3. The standard InChI is InChI=1S/C20H20F2N4O/c21-15-6-7-18(16(22)12-15)26-20(23)19(14-4-2-1-3-5-14)17(24-26)13-25-8-10-27-11-9-25/h1-7,12H,8-11,13,23H2/p+1. The van der Waals surface area contributed by atoms with Gasteiger partial charge in [0.1, 0.15) is 42.7 Å². The lowest BCUT2D eigenvalue weighted by Gasteiger charge is -2.23. The SMILES string of the molecule is Nc1c(-c2ccccc2)c(C[NH+]2CCOCC2)nn1-c1ccc(F)cc1F. The highest BCUT2D eigenvalue weighted by molar-refractivity contribution is 5.77. The summed E-state index contributed by atoms with van der Waals surface area (Å²) in [5.41, 5.74) is 9.02. The third-order valence-electron chi connectivity index (χ3n) is 4.81. The Morgan fingerprint density at radius 1 is 1.07 bits per heavy atom. The summed E-state index contributed by atoms with van der Waals surface area (Å²) in [7, 11) is 0. The predicted octanol–water partition coefficient (Wildman–Crippen LogP) is 1.81. The number of anilines is 1. The molecule has 2 aromatic carbocycles. The van der Waals surface area contributed by atoms with E-state index in [2.05, 4.69) is 5.10 Å². The van der Waals surface area contributed by atoms with Crippen LogP contribution in [0.15, 0.2) is 48.5 Å². The highest BCUT2D eigenvalue weighted by atomic mass is 19.1. The van der Waals surface area contributed by atoms with Crippen molar-refractivity contribution in [1.29, 1.82) is 0 Å². The van der Waals surface area contributed by atoms with E-state index in [1.54, 1.807) is 0 Å². The monoisotopic (exact) mass is 371 g/mol. The van der Waals surface area contributed by atoms with Crippen LogP contribution in [-0.2, 0) is 11.3 Å². The Morgan fingerprint density at radius 3 is 2.52 bits per heavy atom. The average Bonchev–Trinajstić information content (AvgIpc) is 2.99. The summed E-state index contributed by atoms with van der Waals surface area (Å²) >= 11 is 0. The fourth-order valence-electron chi connectivity index (χ4n) is 3.43. The number of ether oxygens (including phenoxy) is 1. The Labute approximate surface area is 156 Å². The first kappa shape index (κ1) is 17.6. The van der Waals surface area contributed by atoms with Crippen LogP contribution < -0.4 is 10.6 Å². The number of nitrogens with two attached hydrogens (primary N) is 1. The van der Waals surface area contributed by atoms with Crippen molar-refractivity contribution in [1.82, 2.24) is 9.78 Å². The molecule has 27 heavy (non-hydrogen) atoms. The molecule has 0 radical (unpaired) electrons. The first-order valence-electron chi connectivity index (χ1n) is 8.93. The third-order valence-corrected chi connectivity index (χ3v) is 4.81. The summed E-state index contributed by atoms with van der Waals surface area (Å²) in [6.07, 6.45) is 0. The minimum atomic E-state index is -0.700. The zero-order valence-corrected chi connectivity index (χ0v) is 14.8. The van der Waals surface area contributed by atoms with E-state index in [4.69, 9.17) is 10.5 Å². The van der Waals surface area contributed by atoms with Crippen LogP contribution in [0.5, 0.6) is 0 Å². The largest absolute Gasteiger partial charge is 0.383 e. The molecule has 3 aromatic rings. The van der Waals surface area contributed by atoms with Gasteiger partial charge >= 0.3 is 0 Å². The molecule has 0 spiro atoms. The highest BCUT2D eigenvalue weighted by Gasteiger charge is 2.24. The number of nitrogens with one attached hydrogen (secondary N) is 1. The van der Waals surface area contributed by atoms with Crippen LogP contribution in [-0.4, -0.2) is 36.1 Å². The molecular formula is C20H21F2N4O+. The maximum atomic E-state index is 14.3. The zero-order chi connectivity index (χ0) is 18.8. The number of quaternary nitrogens is 1. The van der Waals surface area contributed by atoms with E-state index in [0.717, 1.165) is 36.0 Å². The highest BCUT2D eigenvalue weighted by Crippen LogP contribution is 2.32. The van der Waals surface area contributed by atoms with Crippen molar-refractivity contribution in [3.05, 3.63) is 65.9 Å². The normalized spacial score (nSPS) is 15.2. The lowest BCUT2D eigenvalue weighted by Crippen LogP contribution is -3.12. The number of rotatable bonds is 4. The van der Waals surface area contributed by atoms with Gasteiger partial charge in [-0.1, -0.05) is 30.3 Å². The van der Waals surface area contributed by atoms with Gasteiger partial charge in [0.2, 0.25) is 0 Å². The second-order valence-electron chi connectivity index (χ2n) is 6.62. The van der Waals surface area contributed by atoms with E-state index in [1.165, 1.54) is 21.7 Å². The molecule has 0 amide bonds. The molecule has 0 aliphatic carbocycles. The molecule has 7 heteroatoms. The Balaban J connectivity index is 1.81. The predicted molar refractivity (Wildman–Crippen MR) is 98.5 cm³/mol. The molecular weight excluding hydrogens is 350 g/mol. The minimum absolute atomic E-state index is 0.134. The van der Waals surface area contributed by atoms with E-state index < -0.39 is 11.6 Å². The lowest BCUT2D eigenvalue weighted by atomic mass is 10.0.